The highest BCUT2D eigenvalue weighted by Gasteiger charge is 2.13. The topological polar surface area (TPSA) is 55.4 Å². The second-order valence-electron chi connectivity index (χ2n) is 7.23. The minimum Gasteiger partial charge on any atom is -0.452 e. The van der Waals surface area contributed by atoms with Gasteiger partial charge in [0.1, 0.15) is 0 Å². The van der Waals surface area contributed by atoms with Crippen molar-refractivity contribution < 1.29 is 14.3 Å². The lowest BCUT2D eigenvalue weighted by molar-refractivity contribution is -0.142. The molecule has 4 nitrogen and oxygen atoms in total. The maximum Gasteiger partial charge on any atom is 0.331 e. The molecule has 2 aromatic carbocycles. The number of esters is 1. The minimum absolute atomic E-state index is 0.0574. The molecule has 136 valence electrons. The van der Waals surface area contributed by atoms with Gasteiger partial charge in [0.25, 0.3) is 5.91 Å². The van der Waals surface area contributed by atoms with Crippen molar-refractivity contribution in [1.29, 1.82) is 0 Å². The van der Waals surface area contributed by atoms with Gasteiger partial charge in [-0.3, -0.25) is 4.79 Å². The molecule has 0 radical (unpaired) electrons. The molecule has 0 bridgehead atoms. The Hall–Kier alpha value is -2.88. The number of nitrogens with one attached hydrogen (secondary N) is 1. The Morgan fingerprint density at radius 2 is 1.62 bits per heavy atom. The molecule has 0 fully saturated rings. The van der Waals surface area contributed by atoms with Gasteiger partial charge < -0.3 is 10.1 Å². The van der Waals surface area contributed by atoms with Gasteiger partial charge in [-0.05, 0) is 41.7 Å². The highest BCUT2D eigenvalue weighted by molar-refractivity contribution is 5.94. The molecule has 0 aliphatic rings. The molecule has 4 heteroatoms. The van der Waals surface area contributed by atoms with E-state index in [1.807, 2.05) is 55.5 Å². The molecule has 0 saturated heterocycles. The number of ether oxygens (including phenoxy) is 1. The van der Waals surface area contributed by atoms with Gasteiger partial charge in [0, 0.05) is 11.8 Å². The molecule has 26 heavy (non-hydrogen) atoms. The molecule has 1 N–H and O–H groups in total. The van der Waals surface area contributed by atoms with Crippen LogP contribution in [0.4, 0.5) is 5.69 Å². The average Bonchev–Trinajstić information content (AvgIpc) is 2.59. The smallest absolute Gasteiger partial charge is 0.331 e. The Kier molecular flexibility index (Phi) is 6.34. The number of amides is 1. The molecular weight excluding hydrogens is 326 g/mol. The van der Waals surface area contributed by atoms with Gasteiger partial charge in [-0.15, -0.1) is 0 Å². The zero-order valence-electron chi connectivity index (χ0n) is 15.7. The summed E-state index contributed by atoms with van der Waals surface area (Å²) in [6, 6.07) is 15.4. The first-order valence-electron chi connectivity index (χ1n) is 8.56. The van der Waals surface area contributed by atoms with Crippen LogP contribution in [-0.4, -0.2) is 18.5 Å². The number of hydrogen-bond donors (Lipinski definition) is 1. The van der Waals surface area contributed by atoms with E-state index in [0.717, 1.165) is 11.1 Å². The van der Waals surface area contributed by atoms with Crippen molar-refractivity contribution in [2.45, 2.75) is 33.1 Å². The van der Waals surface area contributed by atoms with Gasteiger partial charge >= 0.3 is 5.97 Å². The van der Waals surface area contributed by atoms with Crippen molar-refractivity contribution >= 4 is 23.6 Å². The number of anilines is 1. The number of carbonyl (C=O) groups is 2. The summed E-state index contributed by atoms with van der Waals surface area (Å²) in [5, 5.41) is 2.72. The van der Waals surface area contributed by atoms with Gasteiger partial charge in [-0.1, -0.05) is 62.7 Å². The van der Waals surface area contributed by atoms with Crippen LogP contribution in [0.1, 0.15) is 37.5 Å². The predicted molar refractivity (Wildman–Crippen MR) is 105 cm³/mol. The summed E-state index contributed by atoms with van der Waals surface area (Å²) in [5.41, 5.74) is 3.97. The predicted octanol–water partition coefficient (Wildman–Crippen LogP) is 4.49. The number of rotatable bonds is 5. The van der Waals surface area contributed by atoms with E-state index >= 15 is 0 Å². The monoisotopic (exact) mass is 351 g/mol. The van der Waals surface area contributed by atoms with E-state index < -0.39 is 5.97 Å². The molecule has 0 aliphatic carbocycles. The average molecular weight is 351 g/mol. The molecule has 0 aliphatic heterocycles. The van der Waals surface area contributed by atoms with Crippen molar-refractivity contribution in [1.82, 2.24) is 0 Å². The number of hydrogen-bond acceptors (Lipinski definition) is 3. The molecule has 0 atom stereocenters. The highest BCUT2D eigenvalue weighted by Crippen LogP contribution is 2.23. The first-order chi connectivity index (χ1) is 12.2. The van der Waals surface area contributed by atoms with E-state index in [1.165, 1.54) is 11.6 Å². The zero-order valence-corrected chi connectivity index (χ0v) is 15.7. The zero-order chi connectivity index (χ0) is 19.2. The summed E-state index contributed by atoms with van der Waals surface area (Å²) in [6.45, 7) is 8.06. The highest BCUT2D eigenvalue weighted by atomic mass is 16.5. The summed E-state index contributed by atoms with van der Waals surface area (Å²) in [5.74, 6) is -0.922. The second-order valence-corrected chi connectivity index (χ2v) is 7.23. The molecule has 2 rings (SSSR count). The molecule has 0 saturated carbocycles. The van der Waals surface area contributed by atoms with Crippen LogP contribution < -0.4 is 5.32 Å². The van der Waals surface area contributed by atoms with Crippen LogP contribution in [-0.2, 0) is 19.7 Å². The Labute approximate surface area is 154 Å². The van der Waals surface area contributed by atoms with Crippen LogP contribution in [0.15, 0.2) is 54.6 Å². The lowest BCUT2D eigenvalue weighted by Crippen LogP contribution is -2.20. The van der Waals surface area contributed by atoms with Crippen molar-refractivity contribution in [3.05, 3.63) is 71.3 Å². The third-order valence-corrected chi connectivity index (χ3v) is 3.87. The molecule has 0 heterocycles. The Bertz CT molecular complexity index is 782. The van der Waals surface area contributed by atoms with Gasteiger partial charge in [-0.25, -0.2) is 4.79 Å². The molecule has 0 unspecified atom stereocenters. The maximum atomic E-state index is 11.9. The SMILES string of the molecule is Cc1ccc(/C=C/C(=O)OCC(=O)Nc2ccc(C(C)(C)C)cc2)cc1. The molecule has 0 spiro atoms. The van der Waals surface area contributed by atoms with Crippen LogP contribution in [0.3, 0.4) is 0 Å². The van der Waals surface area contributed by atoms with Gasteiger partial charge in [-0.2, -0.15) is 0 Å². The summed E-state index contributed by atoms with van der Waals surface area (Å²) >= 11 is 0. The van der Waals surface area contributed by atoms with E-state index in [9.17, 15) is 9.59 Å². The summed E-state index contributed by atoms with van der Waals surface area (Å²) in [7, 11) is 0. The fourth-order valence-corrected chi connectivity index (χ4v) is 2.28. The summed E-state index contributed by atoms with van der Waals surface area (Å²) in [4.78, 5) is 23.6. The number of carbonyl (C=O) groups excluding carboxylic acids is 2. The molecular formula is C22H25NO3. The molecule has 2 aromatic rings. The minimum atomic E-state index is -0.552. The van der Waals surface area contributed by atoms with Gasteiger partial charge in [0.2, 0.25) is 0 Å². The van der Waals surface area contributed by atoms with Crippen molar-refractivity contribution in [2.24, 2.45) is 0 Å². The van der Waals surface area contributed by atoms with Crippen LogP contribution >= 0.6 is 0 Å². The molecule has 1 amide bonds. The largest absolute Gasteiger partial charge is 0.452 e. The lowest BCUT2D eigenvalue weighted by Gasteiger charge is -2.19. The van der Waals surface area contributed by atoms with Crippen molar-refractivity contribution in [3.8, 4) is 0 Å². The van der Waals surface area contributed by atoms with Gasteiger partial charge in [0.05, 0.1) is 0 Å². The van der Waals surface area contributed by atoms with Crippen LogP contribution in [0.2, 0.25) is 0 Å². The third-order valence-electron chi connectivity index (χ3n) is 3.87. The fourth-order valence-electron chi connectivity index (χ4n) is 2.28. The second kappa shape index (κ2) is 8.48. The normalized spacial score (nSPS) is 11.4. The third kappa shape index (κ3) is 6.20. The summed E-state index contributed by atoms with van der Waals surface area (Å²) < 4.78 is 4.96. The van der Waals surface area contributed by atoms with Crippen LogP contribution in [0, 0.1) is 6.92 Å². The first-order valence-corrected chi connectivity index (χ1v) is 8.56. The maximum absolute atomic E-state index is 11.9. The number of benzene rings is 2. The Morgan fingerprint density at radius 3 is 2.19 bits per heavy atom. The van der Waals surface area contributed by atoms with Crippen LogP contribution in [0.25, 0.3) is 6.08 Å². The van der Waals surface area contributed by atoms with E-state index in [0.29, 0.717) is 5.69 Å². The van der Waals surface area contributed by atoms with E-state index in [4.69, 9.17) is 4.74 Å². The Morgan fingerprint density at radius 1 is 1.00 bits per heavy atom. The quantitative estimate of drug-likeness (QED) is 0.638. The fraction of sp³-hybridized carbons (Fsp3) is 0.273. The van der Waals surface area contributed by atoms with E-state index in [2.05, 4.69) is 26.1 Å². The summed E-state index contributed by atoms with van der Waals surface area (Å²) in [6.07, 6.45) is 2.97. The first kappa shape index (κ1) is 19.4. The van der Waals surface area contributed by atoms with Crippen molar-refractivity contribution in [3.63, 3.8) is 0 Å². The molecule has 0 aromatic heterocycles. The lowest BCUT2D eigenvalue weighted by atomic mass is 9.87. The van der Waals surface area contributed by atoms with Crippen LogP contribution in [0.5, 0.6) is 0 Å². The van der Waals surface area contributed by atoms with Gasteiger partial charge in [0.15, 0.2) is 6.61 Å². The van der Waals surface area contributed by atoms with Crippen molar-refractivity contribution in [2.75, 3.05) is 11.9 Å². The standard InChI is InChI=1S/C22H25NO3/c1-16-5-7-17(8-6-16)9-14-21(25)26-15-20(24)23-19-12-10-18(11-13-19)22(2,3)4/h5-14H,15H2,1-4H3,(H,23,24)/b14-9+. The van der Waals surface area contributed by atoms with E-state index in [-0.39, 0.29) is 17.9 Å². The number of aryl methyl sites for hydroxylation is 1. The van der Waals surface area contributed by atoms with E-state index in [1.54, 1.807) is 6.08 Å². The Balaban J connectivity index is 1.80.